The van der Waals surface area contributed by atoms with Gasteiger partial charge in [-0.25, -0.2) is 4.90 Å². The van der Waals surface area contributed by atoms with E-state index in [2.05, 4.69) is 13.8 Å². The van der Waals surface area contributed by atoms with Crippen LogP contribution < -0.4 is 9.64 Å². The monoisotopic (exact) mass is 383 g/mol. The van der Waals surface area contributed by atoms with Crippen molar-refractivity contribution in [1.82, 2.24) is 0 Å². The van der Waals surface area contributed by atoms with Crippen LogP contribution in [0.25, 0.3) is 5.57 Å². The van der Waals surface area contributed by atoms with Crippen LogP contribution in [0.3, 0.4) is 0 Å². The van der Waals surface area contributed by atoms with E-state index in [1.165, 1.54) is 0 Å². The molecule has 0 aliphatic carbocycles. The van der Waals surface area contributed by atoms with Gasteiger partial charge in [-0.2, -0.15) is 0 Å². The molecular formula is C22H22ClNO3. The summed E-state index contributed by atoms with van der Waals surface area (Å²) < 4.78 is 5.66. The first-order chi connectivity index (χ1) is 12.9. The molecule has 0 bridgehead atoms. The van der Waals surface area contributed by atoms with Gasteiger partial charge in [-0.3, -0.25) is 9.59 Å². The second kappa shape index (κ2) is 7.97. The summed E-state index contributed by atoms with van der Waals surface area (Å²) in [7, 11) is 0. The van der Waals surface area contributed by atoms with Gasteiger partial charge < -0.3 is 4.74 Å². The number of nitrogens with zero attached hydrogens (tertiary/aromatic N) is 1. The zero-order valence-corrected chi connectivity index (χ0v) is 16.4. The molecule has 4 nitrogen and oxygen atoms in total. The predicted molar refractivity (Wildman–Crippen MR) is 108 cm³/mol. The van der Waals surface area contributed by atoms with Gasteiger partial charge in [-0.15, -0.1) is 0 Å². The van der Waals surface area contributed by atoms with Crippen LogP contribution in [0.5, 0.6) is 5.75 Å². The number of hydrogen-bond donors (Lipinski definition) is 0. The van der Waals surface area contributed by atoms with Crippen molar-refractivity contribution in [2.24, 2.45) is 5.92 Å². The Hall–Kier alpha value is -2.59. The van der Waals surface area contributed by atoms with E-state index < -0.39 is 11.8 Å². The lowest BCUT2D eigenvalue weighted by molar-refractivity contribution is -0.119. The number of carbonyl (C=O) groups is 2. The summed E-state index contributed by atoms with van der Waals surface area (Å²) in [6.07, 6.45) is 0.887. The van der Waals surface area contributed by atoms with Crippen molar-refractivity contribution >= 4 is 34.7 Å². The van der Waals surface area contributed by atoms with Gasteiger partial charge >= 0.3 is 0 Å². The van der Waals surface area contributed by atoms with Gasteiger partial charge in [0, 0.05) is 0 Å². The highest BCUT2D eigenvalue weighted by Gasteiger charge is 2.39. The number of hydrogen-bond acceptors (Lipinski definition) is 3. The lowest BCUT2D eigenvalue weighted by Gasteiger charge is -2.15. The summed E-state index contributed by atoms with van der Waals surface area (Å²) in [6, 6.07) is 14.4. The number of benzene rings is 2. The molecule has 0 spiro atoms. The Balaban J connectivity index is 1.85. The van der Waals surface area contributed by atoms with Crippen LogP contribution in [0.2, 0.25) is 0 Å². The molecule has 2 aromatic carbocycles. The molecule has 0 N–H and O–H groups in total. The summed E-state index contributed by atoms with van der Waals surface area (Å²) in [6.45, 7) is 6.81. The summed E-state index contributed by atoms with van der Waals surface area (Å²) in [4.78, 5) is 26.6. The summed E-state index contributed by atoms with van der Waals surface area (Å²) in [5.74, 6) is 0.225. The number of halogens is 1. The van der Waals surface area contributed by atoms with Crippen LogP contribution in [0.4, 0.5) is 5.69 Å². The molecule has 1 aliphatic heterocycles. The normalized spacial score (nSPS) is 14.5. The standard InChI is InChI=1S/C22H22ClNO3/c1-4-15-5-9-17(10-6-15)24-21(25)19(20(23)22(24)26)16-7-11-18(12-8-16)27-13-14(2)3/h5-12,14H,4,13H2,1-3H3. The average Bonchev–Trinajstić information content (AvgIpc) is 2.89. The van der Waals surface area contributed by atoms with Crippen molar-refractivity contribution in [3.63, 3.8) is 0 Å². The Morgan fingerprint density at radius 3 is 2.15 bits per heavy atom. The van der Waals surface area contributed by atoms with Crippen molar-refractivity contribution < 1.29 is 14.3 Å². The third kappa shape index (κ3) is 3.91. The summed E-state index contributed by atoms with van der Waals surface area (Å²) >= 11 is 6.24. The number of carbonyl (C=O) groups excluding carboxylic acids is 2. The Labute approximate surface area is 164 Å². The Kier molecular flexibility index (Phi) is 5.66. The molecule has 0 saturated carbocycles. The number of aryl methyl sites for hydroxylation is 1. The fraction of sp³-hybridized carbons (Fsp3) is 0.273. The Bertz CT molecular complexity index is 883. The molecule has 0 fully saturated rings. The van der Waals surface area contributed by atoms with Crippen LogP contribution in [-0.4, -0.2) is 18.4 Å². The molecule has 2 amide bonds. The van der Waals surface area contributed by atoms with E-state index in [4.69, 9.17) is 16.3 Å². The van der Waals surface area contributed by atoms with Gasteiger partial charge in [0.2, 0.25) is 0 Å². The van der Waals surface area contributed by atoms with Crippen LogP contribution in [-0.2, 0) is 16.0 Å². The maximum Gasteiger partial charge on any atom is 0.277 e. The zero-order chi connectivity index (χ0) is 19.6. The highest BCUT2D eigenvalue weighted by molar-refractivity contribution is 6.60. The second-order valence-electron chi connectivity index (χ2n) is 6.88. The maximum absolute atomic E-state index is 12.9. The number of amides is 2. The lowest BCUT2D eigenvalue weighted by Crippen LogP contribution is -2.31. The third-order valence-electron chi connectivity index (χ3n) is 4.36. The van der Waals surface area contributed by atoms with E-state index in [0.717, 1.165) is 16.9 Å². The first-order valence-corrected chi connectivity index (χ1v) is 9.41. The zero-order valence-electron chi connectivity index (χ0n) is 15.7. The smallest absolute Gasteiger partial charge is 0.277 e. The highest BCUT2D eigenvalue weighted by Crippen LogP contribution is 2.35. The molecule has 2 aromatic rings. The molecule has 0 atom stereocenters. The molecule has 140 valence electrons. The van der Waals surface area contributed by atoms with Gasteiger partial charge in [0.1, 0.15) is 10.8 Å². The van der Waals surface area contributed by atoms with Crippen LogP contribution in [0.15, 0.2) is 53.6 Å². The van der Waals surface area contributed by atoms with Crippen molar-refractivity contribution in [2.75, 3.05) is 11.5 Å². The topological polar surface area (TPSA) is 46.6 Å². The second-order valence-corrected chi connectivity index (χ2v) is 7.26. The molecule has 1 aliphatic rings. The molecule has 0 aromatic heterocycles. The van der Waals surface area contributed by atoms with E-state index in [-0.39, 0.29) is 10.6 Å². The van der Waals surface area contributed by atoms with E-state index in [9.17, 15) is 9.59 Å². The van der Waals surface area contributed by atoms with Gasteiger partial charge in [0.25, 0.3) is 11.8 Å². The summed E-state index contributed by atoms with van der Waals surface area (Å²) in [5.41, 5.74) is 2.47. The summed E-state index contributed by atoms with van der Waals surface area (Å²) in [5, 5.41) is -0.0598. The third-order valence-corrected chi connectivity index (χ3v) is 4.71. The van der Waals surface area contributed by atoms with Gasteiger partial charge in [-0.1, -0.05) is 56.6 Å². The quantitative estimate of drug-likeness (QED) is 0.672. The molecule has 3 rings (SSSR count). The fourth-order valence-electron chi connectivity index (χ4n) is 2.85. The van der Waals surface area contributed by atoms with Crippen molar-refractivity contribution in [2.45, 2.75) is 27.2 Å². The van der Waals surface area contributed by atoms with Crippen LogP contribution in [0, 0.1) is 5.92 Å². The van der Waals surface area contributed by atoms with Crippen LogP contribution >= 0.6 is 11.6 Å². The number of anilines is 1. The molecule has 0 saturated heterocycles. The minimum atomic E-state index is -0.499. The molecule has 0 unspecified atom stereocenters. The predicted octanol–water partition coefficient (Wildman–Crippen LogP) is 4.81. The van der Waals surface area contributed by atoms with Gasteiger partial charge in [0.05, 0.1) is 17.9 Å². The molecule has 27 heavy (non-hydrogen) atoms. The fourth-order valence-corrected chi connectivity index (χ4v) is 3.12. The van der Waals surface area contributed by atoms with E-state index in [1.54, 1.807) is 36.4 Å². The molecular weight excluding hydrogens is 362 g/mol. The van der Waals surface area contributed by atoms with E-state index in [0.29, 0.717) is 29.5 Å². The van der Waals surface area contributed by atoms with E-state index in [1.807, 2.05) is 19.1 Å². The number of rotatable bonds is 6. The SMILES string of the molecule is CCc1ccc(N2C(=O)C(Cl)=C(c3ccc(OCC(C)C)cc3)C2=O)cc1. The average molecular weight is 384 g/mol. The largest absolute Gasteiger partial charge is 0.493 e. The first-order valence-electron chi connectivity index (χ1n) is 9.03. The Morgan fingerprint density at radius 2 is 1.59 bits per heavy atom. The van der Waals surface area contributed by atoms with Crippen molar-refractivity contribution in [1.29, 1.82) is 0 Å². The number of imide groups is 1. The number of ether oxygens (including phenoxy) is 1. The van der Waals surface area contributed by atoms with Crippen molar-refractivity contribution in [3.8, 4) is 5.75 Å². The van der Waals surface area contributed by atoms with Crippen molar-refractivity contribution in [3.05, 3.63) is 64.7 Å². The lowest BCUT2D eigenvalue weighted by atomic mass is 10.1. The maximum atomic E-state index is 12.9. The first kappa shape index (κ1) is 19.2. The van der Waals surface area contributed by atoms with E-state index >= 15 is 0 Å². The van der Waals surface area contributed by atoms with Gasteiger partial charge in [-0.05, 0) is 47.7 Å². The molecule has 1 heterocycles. The van der Waals surface area contributed by atoms with Crippen LogP contribution in [0.1, 0.15) is 31.9 Å². The Morgan fingerprint density at radius 1 is 0.963 bits per heavy atom. The minimum absolute atomic E-state index is 0.0598. The molecule has 5 heteroatoms. The minimum Gasteiger partial charge on any atom is -0.493 e. The molecule has 0 radical (unpaired) electrons. The highest BCUT2D eigenvalue weighted by atomic mass is 35.5. The van der Waals surface area contributed by atoms with Gasteiger partial charge in [0.15, 0.2) is 0 Å².